The second-order valence-corrected chi connectivity index (χ2v) is 27.3. The Morgan fingerprint density at radius 2 is 0.800 bits per heavy atom. The van der Waals surface area contributed by atoms with E-state index in [1.165, 1.54) is 6.08 Å². The van der Waals surface area contributed by atoms with Gasteiger partial charge in [0, 0.05) is 55.5 Å². The molecule has 3 saturated heterocycles. The minimum atomic E-state index is -0.981. The second kappa shape index (κ2) is 35.5. The van der Waals surface area contributed by atoms with Crippen LogP contribution in [0.2, 0.25) is 0 Å². The summed E-state index contributed by atoms with van der Waals surface area (Å²) in [7, 11) is 0. The first-order valence-corrected chi connectivity index (χ1v) is 36.0. The SMILES string of the molecule is C.C=CC(=O)N1CCCCC(n2nc(-c3ccc(Oc4ccccc4)cc3)c3c(N)n[nH]c(=O)c32)C1.C=CC(=O)O.CC(C)(C)OC(=O)N1CCCCC(n2nc(-c3ccc(Oc4ccccc4)cc3)c3c(N)n[nH]c(=O)c32)C1.Nc1n[nH]c(=O)c2c1c(-c1ccc(Oc3ccccc3)cc1)nn2C1CCCCNC1. The Morgan fingerprint density at radius 1 is 0.473 bits per heavy atom. The van der Waals surface area contributed by atoms with Crippen LogP contribution in [-0.2, 0) is 14.3 Å². The van der Waals surface area contributed by atoms with Crippen molar-refractivity contribution in [2.24, 2.45) is 0 Å². The van der Waals surface area contributed by atoms with Crippen LogP contribution in [0.15, 0.2) is 203 Å². The molecule has 3 aliphatic rings. The molecule has 0 spiro atoms. The van der Waals surface area contributed by atoms with E-state index in [1.54, 1.807) is 19.2 Å². The summed E-state index contributed by atoms with van der Waals surface area (Å²) in [6.07, 6.45) is 9.97. The van der Waals surface area contributed by atoms with Gasteiger partial charge in [-0.1, -0.05) is 81.6 Å². The number of anilines is 3. The van der Waals surface area contributed by atoms with Gasteiger partial charge in [0.2, 0.25) is 5.91 Å². The molecule has 3 unspecified atom stereocenters. The molecule has 3 atom stereocenters. The number of aromatic nitrogens is 12. The van der Waals surface area contributed by atoms with Crippen LogP contribution in [0.4, 0.5) is 22.2 Å². The minimum Gasteiger partial charge on any atom is -0.478 e. The zero-order valence-electron chi connectivity index (χ0n) is 60.7. The van der Waals surface area contributed by atoms with Crippen molar-refractivity contribution in [1.29, 1.82) is 0 Å². The minimum absolute atomic E-state index is 0. The number of likely N-dealkylation sites (tertiary alicyclic amines) is 2. The van der Waals surface area contributed by atoms with Gasteiger partial charge in [-0.25, -0.2) is 24.9 Å². The number of nitrogen functional groups attached to an aromatic ring is 3. The summed E-state index contributed by atoms with van der Waals surface area (Å²) < 4.78 is 28.6. The van der Waals surface area contributed by atoms with Gasteiger partial charge in [0.05, 0.1) is 34.3 Å². The van der Waals surface area contributed by atoms with Crippen molar-refractivity contribution in [3.63, 3.8) is 0 Å². The Balaban J connectivity index is 0.000000158. The standard InChI is InChI=1S/C28H32N6O4.C26H26N6O3.C23H24N6O2.C3H4O2.CH4/c1-28(2,3)38-27(36)33-16-8-7-9-19(17-33)34-24-22(25(29)30-31-26(24)35)23(32-34)18-12-14-21(15-13-18)37-20-10-5-4-6-11-20;1-2-21(33)31-15-7-6-8-18(16-31)32-24-22(25(27)28-29-26(24)34)23(30-32)17-11-13-20(14-12-17)35-19-9-4-3-5-10-19;24-22-19-20(15-9-11-18(12-10-15)31-17-7-2-1-3-8-17)28-29(21(19)23(30)27-26-22)16-6-4-5-13-25-14-16;1-2-3(4)5;/h4-6,10-15,19H,7-9,16-17H2,1-3H3,(H2,29,30)(H,31,35);2-5,9-14,18H,1,6-8,15-16H2,(H2,27,28)(H,29,34);1-3,7-12,16,25H,4-6,13-14H2,(H2,24,26)(H,27,30);2H,1H2,(H,4,5);1H4. The van der Waals surface area contributed by atoms with Gasteiger partial charge in [0.1, 0.15) is 73.7 Å². The number of ether oxygens (including phenoxy) is 4. The van der Waals surface area contributed by atoms with E-state index in [4.69, 9.17) is 56.6 Å². The molecular weight excluding hydrogens is 1400 g/mol. The monoisotopic (exact) mass is 1490 g/mol. The lowest BCUT2D eigenvalue weighted by molar-refractivity contribution is -0.131. The van der Waals surface area contributed by atoms with Crippen molar-refractivity contribution in [3.05, 3.63) is 220 Å². The van der Waals surface area contributed by atoms with Crippen molar-refractivity contribution in [3.8, 4) is 68.3 Å². The van der Waals surface area contributed by atoms with Crippen LogP contribution in [0.1, 0.15) is 104 Å². The smallest absolute Gasteiger partial charge is 0.410 e. The van der Waals surface area contributed by atoms with Gasteiger partial charge in [0.25, 0.3) is 16.7 Å². The number of hydrogen-bond acceptors (Lipinski definition) is 20. The van der Waals surface area contributed by atoms with Crippen LogP contribution in [0.25, 0.3) is 66.5 Å². The molecule has 2 amide bonds. The third kappa shape index (κ3) is 18.6. The molecule has 0 saturated carbocycles. The zero-order chi connectivity index (χ0) is 76.7. The van der Waals surface area contributed by atoms with Crippen LogP contribution in [0.3, 0.4) is 0 Å². The molecular formula is C81H90N18O11. The fourth-order valence-corrected chi connectivity index (χ4v) is 13.3. The van der Waals surface area contributed by atoms with E-state index >= 15 is 0 Å². The molecule has 15 rings (SSSR count). The first-order chi connectivity index (χ1) is 52.7. The number of aromatic amines is 3. The van der Waals surface area contributed by atoms with Gasteiger partial charge < -0.3 is 56.4 Å². The van der Waals surface area contributed by atoms with E-state index in [2.05, 4.69) is 49.1 Å². The average molecular weight is 1490 g/mol. The Hall–Kier alpha value is -13.2. The second-order valence-electron chi connectivity index (χ2n) is 27.3. The summed E-state index contributed by atoms with van der Waals surface area (Å²) in [6, 6.07) is 50.9. The summed E-state index contributed by atoms with van der Waals surface area (Å²) in [5.41, 5.74) is 22.4. The highest BCUT2D eigenvalue weighted by molar-refractivity contribution is 6.02. The van der Waals surface area contributed by atoms with Crippen LogP contribution in [0.5, 0.6) is 34.5 Å². The molecule has 0 bridgehead atoms. The summed E-state index contributed by atoms with van der Waals surface area (Å²) in [5, 5.41) is 46.7. The normalized spacial score (nSPS) is 15.8. The number of amides is 2. The topological polar surface area (TPSA) is 396 Å². The fourth-order valence-electron chi connectivity index (χ4n) is 13.3. The molecule has 29 nitrogen and oxygen atoms in total. The molecule has 0 radical (unpaired) electrons. The lowest BCUT2D eigenvalue weighted by atomic mass is 10.1. The molecule has 570 valence electrons. The molecule has 11 N–H and O–H groups in total. The number of hydrogen-bond donors (Lipinski definition) is 8. The number of nitrogens with zero attached hydrogens (tertiary/aromatic N) is 11. The molecule has 12 aromatic rings. The molecule has 3 fully saturated rings. The average Bonchev–Trinajstić information content (AvgIpc) is 1.61. The summed E-state index contributed by atoms with van der Waals surface area (Å²) in [5.74, 6) is 3.84. The maximum absolute atomic E-state index is 13.0. The quantitative estimate of drug-likeness (QED) is 0.0469. The van der Waals surface area contributed by atoms with Crippen molar-refractivity contribution >= 4 is 68.1 Å². The number of carbonyl (C=O) groups is 3. The number of benzene rings is 6. The molecule has 9 heterocycles. The molecule has 6 aromatic heterocycles. The van der Waals surface area contributed by atoms with E-state index in [9.17, 15) is 28.8 Å². The molecule has 6 aromatic carbocycles. The molecule has 3 aliphatic heterocycles. The number of para-hydroxylation sites is 3. The Bertz CT molecular complexity index is 5360. The van der Waals surface area contributed by atoms with E-state index in [-0.39, 0.29) is 71.7 Å². The van der Waals surface area contributed by atoms with Crippen molar-refractivity contribution in [2.45, 2.75) is 110 Å². The summed E-state index contributed by atoms with van der Waals surface area (Å²) in [6.45, 7) is 15.9. The molecule has 110 heavy (non-hydrogen) atoms. The zero-order valence-corrected chi connectivity index (χ0v) is 60.7. The van der Waals surface area contributed by atoms with E-state index in [0.717, 1.165) is 117 Å². The van der Waals surface area contributed by atoms with Crippen LogP contribution in [-0.4, -0.2) is 138 Å². The van der Waals surface area contributed by atoms with Crippen molar-refractivity contribution in [1.82, 2.24) is 75.1 Å². The van der Waals surface area contributed by atoms with E-state index in [0.29, 0.717) is 87.5 Å². The van der Waals surface area contributed by atoms with Crippen LogP contribution < -0.4 is 53.4 Å². The number of nitrogens with two attached hydrogens (primary N) is 3. The van der Waals surface area contributed by atoms with Crippen LogP contribution >= 0.6 is 0 Å². The van der Waals surface area contributed by atoms with Crippen molar-refractivity contribution < 1.29 is 38.4 Å². The Kier molecular flexibility index (Phi) is 25.1. The number of fused-ring (bicyclic) bond motifs is 3. The van der Waals surface area contributed by atoms with E-state index in [1.807, 2.05) is 189 Å². The first kappa shape index (κ1) is 77.9. The Labute approximate surface area is 633 Å². The summed E-state index contributed by atoms with van der Waals surface area (Å²) in [4.78, 5) is 76.6. The fraction of sp³-hybridized carbons (Fsp3) is 0.284. The molecule has 0 aliphatic carbocycles. The lowest BCUT2D eigenvalue weighted by Gasteiger charge is -2.28. The Morgan fingerprint density at radius 3 is 1.15 bits per heavy atom. The van der Waals surface area contributed by atoms with Gasteiger partial charge in [-0.05, 0) is 194 Å². The van der Waals surface area contributed by atoms with Gasteiger partial charge >= 0.3 is 12.1 Å². The number of aliphatic carboxylic acids is 1. The predicted octanol–water partition coefficient (Wildman–Crippen LogP) is 13.4. The largest absolute Gasteiger partial charge is 0.478 e. The van der Waals surface area contributed by atoms with E-state index < -0.39 is 11.6 Å². The van der Waals surface area contributed by atoms with Crippen molar-refractivity contribution in [2.75, 3.05) is 56.5 Å². The third-order valence-electron chi connectivity index (χ3n) is 18.5. The highest BCUT2D eigenvalue weighted by atomic mass is 16.6. The number of carbonyl (C=O) groups excluding carboxylic acids is 2. The summed E-state index contributed by atoms with van der Waals surface area (Å²) >= 11 is 0. The number of nitrogens with one attached hydrogen (secondary N) is 4. The van der Waals surface area contributed by atoms with Gasteiger partial charge in [-0.3, -0.25) is 33.2 Å². The first-order valence-electron chi connectivity index (χ1n) is 36.0. The highest BCUT2D eigenvalue weighted by Crippen LogP contribution is 2.39. The lowest BCUT2D eigenvalue weighted by Crippen LogP contribution is -2.39. The number of H-pyrrole nitrogens is 3. The highest BCUT2D eigenvalue weighted by Gasteiger charge is 2.33. The number of carboxylic acid groups (broad SMARTS) is 1. The van der Waals surface area contributed by atoms with Crippen LogP contribution in [0, 0.1) is 0 Å². The number of carboxylic acids is 1. The maximum Gasteiger partial charge on any atom is 0.410 e. The van der Waals surface area contributed by atoms with Gasteiger partial charge in [-0.15, -0.1) is 0 Å². The van der Waals surface area contributed by atoms with Gasteiger partial charge in [0.15, 0.2) is 17.5 Å². The molecule has 29 heteroatoms. The maximum atomic E-state index is 13.0. The third-order valence-corrected chi connectivity index (χ3v) is 18.5. The predicted molar refractivity (Wildman–Crippen MR) is 424 cm³/mol. The number of rotatable bonds is 14. The van der Waals surface area contributed by atoms with Gasteiger partial charge in [-0.2, -0.15) is 30.6 Å².